The van der Waals surface area contributed by atoms with Crippen LogP contribution in [-0.4, -0.2) is 49.6 Å². The number of nitrogens with one attached hydrogen (secondary N) is 1. The fourth-order valence-corrected chi connectivity index (χ4v) is 1.79. The molecule has 0 aliphatic carbocycles. The first kappa shape index (κ1) is 13.4. The summed E-state index contributed by atoms with van der Waals surface area (Å²) in [5.74, 6) is -0.443. The van der Waals surface area contributed by atoms with E-state index < -0.39 is 5.60 Å². The smallest absolute Gasteiger partial charge is 0.309 e. The molecule has 3 unspecified atom stereocenters. The van der Waals surface area contributed by atoms with Gasteiger partial charge in [0.25, 0.3) is 0 Å². The van der Waals surface area contributed by atoms with Gasteiger partial charge in [-0.05, 0) is 6.92 Å². The number of rotatable bonds is 5. The van der Waals surface area contributed by atoms with E-state index in [0.717, 1.165) is 0 Å². The maximum atomic E-state index is 11.1. The van der Waals surface area contributed by atoms with Crippen LogP contribution in [0.4, 0.5) is 0 Å². The minimum Gasteiger partial charge on any atom is -0.469 e. The van der Waals surface area contributed by atoms with Crippen molar-refractivity contribution < 1.29 is 19.4 Å². The molecule has 2 N–H and O–H groups in total. The van der Waals surface area contributed by atoms with E-state index >= 15 is 0 Å². The van der Waals surface area contributed by atoms with Gasteiger partial charge in [-0.2, -0.15) is 0 Å². The van der Waals surface area contributed by atoms with Crippen LogP contribution in [0.15, 0.2) is 0 Å². The minimum absolute atomic E-state index is 0.159. The molecule has 0 spiro atoms. The Hall–Kier alpha value is -0.650. The average molecular weight is 231 g/mol. The maximum absolute atomic E-state index is 11.1. The van der Waals surface area contributed by atoms with E-state index in [1.165, 1.54) is 7.11 Å². The number of hydrogen-bond acceptors (Lipinski definition) is 5. The molecule has 16 heavy (non-hydrogen) atoms. The van der Waals surface area contributed by atoms with Crippen molar-refractivity contribution >= 4 is 5.97 Å². The van der Waals surface area contributed by atoms with E-state index in [4.69, 9.17) is 4.74 Å². The molecule has 0 radical (unpaired) electrons. The zero-order chi connectivity index (χ0) is 12.2. The van der Waals surface area contributed by atoms with Crippen molar-refractivity contribution in [3.63, 3.8) is 0 Å². The summed E-state index contributed by atoms with van der Waals surface area (Å²) < 4.78 is 9.93. The SMILES string of the molecule is COC(=O)C(C)CNCC1(O)CCOC1C. The van der Waals surface area contributed by atoms with Crippen LogP contribution in [0.3, 0.4) is 0 Å². The number of hydrogen-bond donors (Lipinski definition) is 2. The zero-order valence-corrected chi connectivity index (χ0v) is 10.2. The van der Waals surface area contributed by atoms with Crippen molar-refractivity contribution in [2.75, 3.05) is 26.8 Å². The molecule has 1 saturated heterocycles. The second kappa shape index (κ2) is 5.61. The topological polar surface area (TPSA) is 67.8 Å². The Labute approximate surface area is 96.1 Å². The van der Waals surface area contributed by atoms with Crippen molar-refractivity contribution in [2.45, 2.75) is 32.0 Å². The second-order valence-electron chi connectivity index (χ2n) is 4.42. The summed E-state index contributed by atoms with van der Waals surface area (Å²) in [6.07, 6.45) is 0.474. The van der Waals surface area contributed by atoms with E-state index in [-0.39, 0.29) is 18.0 Å². The van der Waals surface area contributed by atoms with Crippen molar-refractivity contribution in [2.24, 2.45) is 5.92 Å². The van der Waals surface area contributed by atoms with Crippen LogP contribution in [0.1, 0.15) is 20.3 Å². The van der Waals surface area contributed by atoms with Gasteiger partial charge in [0.15, 0.2) is 0 Å². The monoisotopic (exact) mass is 231 g/mol. The molecule has 3 atom stereocenters. The van der Waals surface area contributed by atoms with Gasteiger partial charge >= 0.3 is 5.97 Å². The molecule has 1 heterocycles. The van der Waals surface area contributed by atoms with E-state index in [9.17, 15) is 9.90 Å². The third-order valence-corrected chi connectivity index (χ3v) is 3.14. The summed E-state index contributed by atoms with van der Waals surface area (Å²) in [4.78, 5) is 11.1. The maximum Gasteiger partial charge on any atom is 0.309 e. The molecule has 0 bridgehead atoms. The van der Waals surface area contributed by atoms with Gasteiger partial charge in [0.05, 0.1) is 19.1 Å². The Kier molecular flexibility index (Phi) is 4.70. The van der Waals surface area contributed by atoms with Crippen molar-refractivity contribution in [1.29, 1.82) is 0 Å². The van der Waals surface area contributed by atoms with Crippen molar-refractivity contribution in [3.8, 4) is 0 Å². The highest BCUT2D eigenvalue weighted by Crippen LogP contribution is 2.24. The average Bonchev–Trinajstić information content (AvgIpc) is 2.58. The van der Waals surface area contributed by atoms with Gasteiger partial charge in [-0.3, -0.25) is 4.79 Å². The van der Waals surface area contributed by atoms with E-state index in [0.29, 0.717) is 26.1 Å². The molecular weight excluding hydrogens is 210 g/mol. The lowest BCUT2D eigenvalue weighted by Gasteiger charge is -2.26. The molecule has 1 fully saturated rings. The van der Waals surface area contributed by atoms with E-state index in [2.05, 4.69) is 10.1 Å². The van der Waals surface area contributed by atoms with Crippen molar-refractivity contribution in [1.82, 2.24) is 5.32 Å². The Morgan fingerprint density at radius 1 is 1.75 bits per heavy atom. The van der Waals surface area contributed by atoms with E-state index in [1.807, 2.05) is 6.92 Å². The lowest BCUT2D eigenvalue weighted by molar-refractivity contribution is -0.144. The summed E-state index contributed by atoms with van der Waals surface area (Å²) in [7, 11) is 1.37. The molecule has 0 aromatic heterocycles. The minimum atomic E-state index is -0.810. The highest BCUT2D eigenvalue weighted by atomic mass is 16.5. The van der Waals surface area contributed by atoms with Crippen LogP contribution in [-0.2, 0) is 14.3 Å². The number of esters is 1. The lowest BCUT2D eigenvalue weighted by Crippen LogP contribution is -2.47. The van der Waals surface area contributed by atoms with E-state index in [1.54, 1.807) is 6.92 Å². The Balaban J connectivity index is 2.27. The largest absolute Gasteiger partial charge is 0.469 e. The fraction of sp³-hybridized carbons (Fsp3) is 0.909. The Bertz CT molecular complexity index is 246. The third kappa shape index (κ3) is 3.17. The number of ether oxygens (including phenoxy) is 2. The lowest BCUT2D eigenvalue weighted by atomic mass is 9.96. The highest BCUT2D eigenvalue weighted by Gasteiger charge is 2.39. The Morgan fingerprint density at radius 3 is 2.94 bits per heavy atom. The molecular formula is C11H21NO4. The molecule has 1 rings (SSSR count). The summed E-state index contributed by atoms with van der Waals surface area (Å²) in [5.41, 5.74) is -0.810. The predicted molar refractivity (Wildman–Crippen MR) is 59.0 cm³/mol. The zero-order valence-electron chi connectivity index (χ0n) is 10.2. The first-order chi connectivity index (χ1) is 7.49. The second-order valence-corrected chi connectivity index (χ2v) is 4.42. The van der Waals surface area contributed by atoms with Gasteiger partial charge in [0, 0.05) is 26.1 Å². The molecule has 1 aliphatic heterocycles. The number of carbonyl (C=O) groups excluding carboxylic acids is 1. The third-order valence-electron chi connectivity index (χ3n) is 3.14. The molecule has 5 heteroatoms. The predicted octanol–water partition coefficient (Wildman–Crippen LogP) is -0.0750. The molecule has 0 amide bonds. The van der Waals surface area contributed by atoms with Crippen LogP contribution >= 0.6 is 0 Å². The highest BCUT2D eigenvalue weighted by molar-refractivity contribution is 5.71. The number of carbonyl (C=O) groups is 1. The molecule has 0 aromatic carbocycles. The summed E-state index contributed by atoms with van der Waals surface area (Å²) in [6, 6.07) is 0. The molecule has 5 nitrogen and oxygen atoms in total. The molecule has 0 saturated carbocycles. The van der Waals surface area contributed by atoms with Gasteiger partial charge < -0.3 is 19.9 Å². The number of aliphatic hydroxyl groups is 1. The van der Waals surface area contributed by atoms with Crippen LogP contribution < -0.4 is 5.32 Å². The normalized spacial score (nSPS) is 31.4. The molecule has 1 aliphatic rings. The van der Waals surface area contributed by atoms with Gasteiger partial charge in [-0.15, -0.1) is 0 Å². The molecule has 94 valence electrons. The van der Waals surface area contributed by atoms with Gasteiger partial charge in [-0.1, -0.05) is 6.92 Å². The van der Waals surface area contributed by atoms with Crippen LogP contribution in [0.2, 0.25) is 0 Å². The summed E-state index contributed by atoms with van der Waals surface area (Å²) in [6.45, 7) is 5.18. The summed E-state index contributed by atoms with van der Waals surface area (Å²) in [5, 5.41) is 13.2. The first-order valence-electron chi connectivity index (χ1n) is 5.62. The van der Waals surface area contributed by atoms with Gasteiger partial charge in [-0.25, -0.2) is 0 Å². The van der Waals surface area contributed by atoms with Crippen LogP contribution in [0, 0.1) is 5.92 Å². The Morgan fingerprint density at radius 2 is 2.44 bits per heavy atom. The van der Waals surface area contributed by atoms with Crippen LogP contribution in [0.5, 0.6) is 0 Å². The quantitative estimate of drug-likeness (QED) is 0.648. The standard InChI is InChI=1S/C11H21NO4/c1-8(10(13)15-3)6-12-7-11(14)4-5-16-9(11)2/h8-9,12,14H,4-7H2,1-3H3. The van der Waals surface area contributed by atoms with Gasteiger partial charge in [0.2, 0.25) is 0 Å². The number of methoxy groups -OCH3 is 1. The van der Waals surface area contributed by atoms with Crippen LogP contribution in [0.25, 0.3) is 0 Å². The first-order valence-corrected chi connectivity index (χ1v) is 5.62. The fourth-order valence-electron chi connectivity index (χ4n) is 1.79. The van der Waals surface area contributed by atoms with Crippen molar-refractivity contribution in [3.05, 3.63) is 0 Å². The van der Waals surface area contributed by atoms with Gasteiger partial charge in [0.1, 0.15) is 5.60 Å². The molecule has 0 aromatic rings. The summed E-state index contributed by atoms with van der Waals surface area (Å²) >= 11 is 0.